The maximum atomic E-state index is 12.9. The molecular weight excluding hydrogens is 241 g/mol. The SMILES string of the molecule is NC/C(F)=C\Cc1cc(F)cc(C(F)(F)F)c1. The molecule has 0 atom stereocenters. The summed E-state index contributed by atoms with van der Waals surface area (Å²) in [7, 11) is 0. The predicted molar refractivity (Wildman–Crippen MR) is 53.4 cm³/mol. The third-order valence-corrected chi connectivity index (χ3v) is 2.04. The van der Waals surface area contributed by atoms with Gasteiger partial charge in [0.2, 0.25) is 0 Å². The number of hydrogen-bond acceptors (Lipinski definition) is 1. The Morgan fingerprint density at radius 3 is 2.41 bits per heavy atom. The van der Waals surface area contributed by atoms with E-state index in [1.165, 1.54) is 0 Å². The molecule has 0 bridgehead atoms. The summed E-state index contributed by atoms with van der Waals surface area (Å²) in [6, 6.07) is 2.10. The lowest BCUT2D eigenvalue weighted by atomic mass is 10.1. The van der Waals surface area contributed by atoms with E-state index < -0.39 is 23.4 Å². The maximum Gasteiger partial charge on any atom is 0.416 e. The van der Waals surface area contributed by atoms with E-state index in [-0.39, 0.29) is 18.5 Å². The highest BCUT2D eigenvalue weighted by molar-refractivity contribution is 5.28. The fourth-order valence-electron chi connectivity index (χ4n) is 1.24. The van der Waals surface area contributed by atoms with Crippen LogP contribution < -0.4 is 5.73 Å². The number of alkyl halides is 3. The molecular formula is C11H10F5N. The minimum Gasteiger partial charge on any atom is -0.325 e. The van der Waals surface area contributed by atoms with Crippen molar-refractivity contribution in [2.75, 3.05) is 6.54 Å². The van der Waals surface area contributed by atoms with Crippen molar-refractivity contribution < 1.29 is 22.0 Å². The third kappa shape index (κ3) is 4.14. The molecule has 0 fully saturated rings. The van der Waals surface area contributed by atoms with Gasteiger partial charge in [-0.25, -0.2) is 8.78 Å². The van der Waals surface area contributed by atoms with Crippen molar-refractivity contribution in [3.8, 4) is 0 Å². The van der Waals surface area contributed by atoms with E-state index in [0.29, 0.717) is 6.07 Å². The van der Waals surface area contributed by atoms with Crippen LogP contribution in [0.1, 0.15) is 11.1 Å². The number of nitrogens with two attached hydrogens (primary N) is 1. The van der Waals surface area contributed by atoms with E-state index in [2.05, 4.69) is 0 Å². The van der Waals surface area contributed by atoms with Crippen LogP contribution in [0.3, 0.4) is 0 Å². The van der Waals surface area contributed by atoms with Crippen molar-refractivity contribution in [3.63, 3.8) is 0 Å². The largest absolute Gasteiger partial charge is 0.416 e. The van der Waals surface area contributed by atoms with E-state index in [1.807, 2.05) is 0 Å². The summed E-state index contributed by atoms with van der Waals surface area (Å²) in [6.45, 7) is -0.332. The number of allylic oxidation sites excluding steroid dienone is 1. The number of hydrogen-bond donors (Lipinski definition) is 1. The molecule has 1 rings (SSSR count). The van der Waals surface area contributed by atoms with Crippen LogP contribution in [0.25, 0.3) is 0 Å². The van der Waals surface area contributed by atoms with Crippen LogP contribution in [0.15, 0.2) is 30.1 Å². The number of halogens is 5. The average molecular weight is 251 g/mol. The van der Waals surface area contributed by atoms with Gasteiger partial charge in [0.05, 0.1) is 5.56 Å². The topological polar surface area (TPSA) is 26.0 Å². The Kier molecular flexibility index (Phi) is 4.22. The maximum absolute atomic E-state index is 12.9. The van der Waals surface area contributed by atoms with Crippen LogP contribution in [0.2, 0.25) is 0 Å². The second-order valence-electron chi connectivity index (χ2n) is 3.41. The van der Waals surface area contributed by atoms with Crippen LogP contribution in [0.4, 0.5) is 22.0 Å². The molecule has 2 N–H and O–H groups in total. The Labute approximate surface area is 94.7 Å². The summed E-state index contributed by atoms with van der Waals surface area (Å²) in [6.07, 6.45) is -3.73. The van der Waals surface area contributed by atoms with Gasteiger partial charge in [-0.05, 0) is 36.3 Å². The van der Waals surface area contributed by atoms with E-state index >= 15 is 0 Å². The van der Waals surface area contributed by atoms with E-state index in [1.54, 1.807) is 0 Å². The zero-order valence-corrected chi connectivity index (χ0v) is 8.69. The fourth-order valence-corrected chi connectivity index (χ4v) is 1.24. The fraction of sp³-hybridized carbons (Fsp3) is 0.273. The first kappa shape index (κ1) is 13.6. The molecule has 0 radical (unpaired) electrons. The highest BCUT2D eigenvalue weighted by Gasteiger charge is 2.31. The van der Waals surface area contributed by atoms with Crippen LogP contribution >= 0.6 is 0 Å². The minimum atomic E-state index is -4.62. The molecule has 0 heterocycles. The monoisotopic (exact) mass is 251 g/mol. The van der Waals surface area contributed by atoms with Crippen molar-refractivity contribution in [3.05, 3.63) is 47.0 Å². The normalized spacial score (nSPS) is 12.9. The molecule has 0 unspecified atom stereocenters. The molecule has 6 heteroatoms. The van der Waals surface area contributed by atoms with Gasteiger partial charge in [0.1, 0.15) is 11.6 Å². The van der Waals surface area contributed by atoms with Crippen LogP contribution in [0.5, 0.6) is 0 Å². The minimum absolute atomic E-state index is 0.0425. The Morgan fingerprint density at radius 2 is 1.88 bits per heavy atom. The highest BCUT2D eigenvalue weighted by Crippen LogP contribution is 2.30. The summed E-state index contributed by atoms with van der Waals surface area (Å²) in [5, 5.41) is 0. The Morgan fingerprint density at radius 1 is 1.24 bits per heavy atom. The number of benzene rings is 1. The molecule has 17 heavy (non-hydrogen) atoms. The van der Waals surface area contributed by atoms with Crippen LogP contribution in [0, 0.1) is 5.82 Å². The molecule has 0 aromatic heterocycles. The molecule has 1 nitrogen and oxygen atoms in total. The summed E-state index contributed by atoms with van der Waals surface area (Å²) >= 11 is 0. The molecule has 0 aliphatic carbocycles. The van der Waals surface area contributed by atoms with Crippen LogP contribution in [-0.2, 0) is 12.6 Å². The molecule has 1 aromatic carbocycles. The summed E-state index contributed by atoms with van der Waals surface area (Å²) in [5.41, 5.74) is 3.92. The molecule has 0 aliphatic heterocycles. The molecule has 0 spiro atoms. The first-order chi connectivity index (χ1) is 7.82. The Balaban J connectivity index is 2.98. The second kappa shape index (κ2) is 5.27. The van der Waals surface area contributed by atoms with Crippen molar-refractivity contribution >= 4 is 0 Å². The zero-order chi connectivity index (χ0) is 13.1. The van der Waals surface area contributed by atoms with Crippen molar-refractivity contribution in [2.24, 2.45) is 5.73 Å². The van der Waals surface area contributed by atoms with Crippen molar-refractivity contribution in [1.29, 1.82) is 0 Å². The standard InChI is InChI=1S/C11H10F5N/c12-9(6-17)2-1-7-3-8(11(14,15)16)5-10(13)4-7/h2-5H,1,6,17H2/b9-2+. The Hall–Kier alpha value is -1.43. The van der Waals surface area contributed by atoms with Gasteiger partial charge in [-0.2, -0.15) is 13.2 Å². The first-order valence-electron chi connectivity index (χ1n) is 4.74. The smallest absolute Gasteiger partial charge is 0.325 e. The summed E-state index contributed by atoms with van der Waals surface area (Å²) in [4.78, 5) is 0. The van der Waals surface area contributed by atoms with E-state index in [0.717, 1.165) is 18.2 Å². The van der Waals surface area contributed by atoms with Gasteiger partial charge in [0.15, 0.2) is 0 Å². The zero-order valence-electron chi connectivity index (χ0n) is 8.69. The van der Waals surface area contributed by atoms with Gasteiger partial charge in [-0.1, -0.05) is 0 Å². The van der Waals surface area contributed by atoms with Crippen LogP contribution in [-0.4, -0.2) is 6.54 Å². The first-order valence-corrected chi connectivity index (χ1v) is 4.74. The van der Waals surface area contributed by atoms with E-state index in [4.69, 9.17) is 5.73 Å². The second-order valence-corrected chi connectivity index (χ2v) is 3.41. The third-order valence-electron chi connectivity index (χ3n) is 2.04. The van der Waals surface area contributed by atoms with Gasteiger partial charge >= 0.3 is 6.18 Å². The average Bonchev–Trinajstić information content (AvgIpc) is 2.24. The van der Waals surface area contributed by atoms with Crippen molar-refractivity contribution in [2.45, 2.75) is 12.6 Å². The molecule has 94 valence electrons. The van der Waals surface area contributed by atoms with Gasteiger partial charge in [0.25, 0.3) is 0 Å². The molecule has 0 aliphatic rings. The molecule has 1 aromatic rings. The van der Waals surface area contributed by atoms with Gasteiger partial charge in [-0.15, -0.1) is 0 Å². The lowest BCUT2D eigenvalue weighted by Crippen LogP contribution is -2.06. The van der Waals surface area contributed by atoms with Crippen molar-refractivity contribution in [1.82, 2.24) is 0 Å². The Bertz CT molecular complexity index is 422. The number of rotatable bonds is 3. The summed E-state index contributed by atoms with van der Waals surface area (Å²) in [5.74, 6) is -1.65. The lowest BCUT2D eigenvalue weighted by molar-refractivity contribution is -0.137. The molecule has 0 amide bonds. The quantitative estimate of drug-likeness (QED) is 0.820. The lowest BCUT2D eigenvalue weighted by Gasteiger charge is -2.08. The predicted octanol–water partition coefficient (Wildman–Crippen LogP) is 3.20. The van der Waals surface area contributed by atoms with Gasteiger partial charge in [0, 0.05) is 6.54 Å². The summed E-state index contributed by atoms with van der Waals surface area (Å²) < 4.78 is 62.6. The van der Waals surface area contributed by atoms with E-state index in [9.17, 15) is 22.0 Å². The molecule has 0 saturated carbocycles. The molecule has 0 saturated heterocycles. The van der Waals surface area contributed by atoms with Gasteiger partial charge < -0.3 is 5.73 Å². The highest BCUT2D eigenvalue weighted by atomic mass is 19.4. The van der Waals surface area contributed by atoms with Gasteiger partial charge in [-0.3, -0.25) is 0 Å².